The summed E-state index contributed by atoms with van der Waals surface area (Å²) in [6, 6.07) is 0. The van der Waals surface area contributed by atoms with Gasteiger partial charge in [-0.3, -0.25) is 4.79 Å². The highest BCUT2D eigenvalue weighted by molar-refractivity contribution is 6.37. The van der Waals surface area contributed by atoms with E-state index in [0.717, 1.165) is 0 Å². The molecule has 1 fully saturated rings. The predicted octanol–water partition coefficient (Wildman–Crippen LogP) is -5.34. The Kier molecular flexibility index (Phi) is 7.44. The van der Waals surface area contributed by atoms with Gasteiger partial charge in [0.05, 0.1) is 19.8 Å². The molecule has 7 atom stereocenters. The van der Waals surface area contributed by atoms with Gasteiger partial charge in [-0.1, -0.05) is 0 Å². The van der Waals surface area contributed by atoms with Gasteiger partial charge in [0.2, 0.25) is 0 Å². The summed E-state index contributed by atoms with van der Waals surface area (Å²) in [6.45, 7) is -2.42. The normalized spacial score (nSPS) is 28.1. The maximum Gasteiger partial charge on any atom is 0.378 e. The van der Waals surface area contributed by atoms with Crippen molar-refractivity contribution in [1.29, 1.82) is 0 Å². The molecule has 1 aliphatic heterocycles. The molecule has 0 aromatic heterocycles. The van der Waals surface area contributed by atoms with Crippen LogP contribution in [0.25, 0.3) is 0 Å². The Bertz CT molecular complexity index is 414. The summed E-state index contributed by atoms with van der Waals surface area (Å²) >= 11 is 0. The van der Waals surface area contributed by atoms with Gasteiger partial charge in [0.15, 0.2) is 12.2 Å². The first kappa shape index (κ1) is 19.9. The second-order valence-electron chi connectivity index (χ2n) is 5.04. The van der Waals surface area contributed by atoms with E-state index in [1.165, 1.54) is 0 Å². The van der Waals surface area contributed by atoms with Gasteiger partial charge in [-0.25, -0.2) is 4.79 Å². The average Bonchev–Trinajstić information content (AvgIpc) is 2.84. The molecule has 0 aromatic rings. The SMILES string of the molecule is O=C1O[C@H]([C@@H](O)CO)C(OC[C@H](O)[C@@H](O)[C@H](O)[C@H](O)CO)C1=O. The number of carbonyl (C=O) groups is 2. The van der Waals surface area contributed by atoms with Crippen LogP contribution in [0, 0.1) is 0 Å². The lowest BCUT2D eigenvalue weighted by atomic mass is 10.0. The Labute approximate surface area is 130 Å². The minimum absolute atomic E-state index is 0.752. The third-order valence-electron chi connectivity index (χ3n) is 3.34. The number of Topliss-reactive ketones (excluding diaryl/α,β-unsaturated/α-hetero) is 1. The Hall–Kier alpha value is -1.18. The van der Waals surface area contributed by atoms with E-state index in [4.69, 9.17) is 20.1 Å². The largest absolute Gasteiger partial charge is 0.450 e. The van der Waals surface area contributed by atoms with Crippen LogP contribution in [0.2, 0.25) is 0 Å². The standard InChI is InChI=1S/C12H20O11/c13-1-4(15)7(18)8(19)6(17)3-22-11-9(20)12(21)23-10(11)5(16)2-14/h4-8,10-11,13-19H,1-3H2/t4-,5+,6+,7-,8-,10-,11?/m1/s1. The predicted molar refractivity (Wildman–Crippen MR) is 68.8 cm³/mol. The quantitative estimate of drug-likeness (QED) is 0.156. The van der Waals surface area contributed by atoms with Crippen molar-refractivity contribution in [3.8, 4) is 0 Å². The number of esters is 1. The second kappa shape index (κ2) is 8.61. The van der Waals surface area contributed by atoms with Crippen LogP contribution < -0.4 is 0 Å². The summed E-state index contributed by atoms with van der Waals surface area (Å²) in [5.74, 6) is -2.42. The summed E-state index contributed by atoms with van der Waals surface area (Å²) in [5.41, 5.74) is 0. The van der Waals surface area contributed by atoms with Gasteiger partial charge in [0.1, 0.15) is 30.5 Å². The topological polar surface area (TPSA) is 194 Å². The zero-order chi connectivity index (χ0) is 17.7. The van der Waals surface area contributed by atoms with E-state index in [1.807, 2.05) is 0 Å². The van der Waals surface area contributed by atoms with Crippen LogP contribution in [0.5, 0.6) is 0 Å². The van der Waals surface area contributed by atoms with Gasteiger partial charge in [-0.2, -0.15) is 0 Å². The highest BCUT2D eigenvalue weighted by Crippen LogP contribution is 2.19. The monoisotopic (exact) mass is 340 g/mol. The maximum atomic E-state index is 11.5. The summed E-state index contributed by atoms with van der Waals surface area (Å²) in [6.07, 6.45) is -11.9. The zero-order valence-electron chi connectivity index (χ0n) is 11.9. The van der Waals surface area contributed by atoms with E-state index >= 15 is 0 Å². The highest BCUT2D eigenvalue weighted by Gasteiger charge is 2.48. The van der Waals surface area contributed by atoms with E-state index < -0.39 is 74.3 Å². The number of rotatable bonds is 9. The van der Waals surface area contributed by atoms with Crippen molar-refractivity contribution in [3.63, 3.8) is 0 Å². The summed E-state index contributed by atoms with van der Waals surface area (Å²) in [7, 11) is 0. The first-order chi connectivity index (χ1) is 10.7. The van der Waals surface area contributed by atoms with Gasteiger partial charge < -0.3 is 45.2 Å². The first-order valence-corrected chi connectivity index (χ1v) is 6.73. The lowest BCUT2D eigenvalue weighted by molar-refractivity contribution is -0.154. The zero-order valence-corrected chi connectivity index (χ0v) is 11.9. The Morgan fingerprint density at radius 1 is 0.957 bits per heavy atom. The third-order valence-corrected chi connectivity index (χ3v) is 3.34. The van der Waals surface area contributed by atoms with Crippen molar-refractivity contribution in [3.05, 3.63) is 0 Å². The Balaban J connectivity index is 2.64. The fraction of sp³-hybridized carbons (Fsp3) is 0.833. The molecule has 23 heavy (non-hydrogen) atoms. The van der Waals surface area contributed by atoms with Crippen molar-refractivity contribution >= 4 is 11.8 Å². The Morgan fingerprint density at radius 2 is 1.52 bits per heavy atom. The van der Waals surface area contributed by atoms with E-state index in [-0.39, 0.29) is 0 Å². The van der Waals surface area contributed by atoms with Crippen molar-refractivity contribution < 1.29 is 54.8 Å². The molecule has 1 heterocycles. The van der Waals surface area contributed by atoms with Crippen LogP contribution in [-0.4, -0.2) is 110 Å². The number of aliphatic hydroxyl groups is 7. The summed E-state index contributed by atoms with van der Waals surface area (Å²) in [4.78, 5) is 22.7. The molecule has 7 N–H and O–H groups in total. The minimum Gasteiger partial charge on any atom is -0.450 e. The van der Waals surface area contributed by atoms with E-state index in [0.29, 0.717) is 0 Å². The average molecular weight is 340 g/mol. The van der Waals surface area contributed by atoms with Crippen LogP contribution >= 0.6 is 0 Å². The van der Waals surface area contributed by atoms with Crippen LogP contribution in [0.3, 0.4) is 0 Å². The molecular weight excluding hydrogens is 320 g/mol. The molecule has 1 unspecified atom stereocenters. The lowest BCUT2D eigenvalue weighted by Crippen LogP contribution is -2.49. The smallest absolute Gasteiger partial charge is 0.378 e. The van der Waals surface area contributed by atoms with Crippen LogP contribution in [0.15, 0.2) is 0 Å². The highest BCUT2D eigenvalue weighted by atomic mass is 16.6. The molecule has 11 heteroatoms. The van der Waals surface area contributed by atoms with Gasteiger partial charge in [-0.15, -0.1) is 0 Å². The summed E-state index contributed by atoms with van der Waals surface area (Å²) < 4.78 is 9.48. The molecule has 0 saturated carbocycles. The van der Waals surface area contributed by atoms with Gasteiger partial charge in [0.25, 0.3) is 5.78 Å². The van der Waals surface area contributed by atoms with Gasteiger partial charge in [0, 0.05) is 0 Å². The molecule has 0 amide bonds. The molecule has 0 aromatic carbocycles. The first-order valence-electron chi connectivity index (χ1n) is 6.73. The van der Waals surface area contributed by atoms with Gasteiger partial charge in [-0.05, 0) is 0 Å². The number of carbonyl (C=O) groups excluding carboxylic acids is 2. The van der Waals surface area contributed by atoms with Crippen molar-refractivity contribution in [2.24, 2.45) is 0 Å². The second-order valence-corrected chi connectivity index (χ2v) is 5.04. The molecule has 0 aliphatic carbocycles. The van der Waals surface area contributed by atoms with Crippen LogP contribution in [-0.2, 0) is 19.1 Å². The van der Waals surface area contributed by atoms with Crippen LogP contribution in [0.1, 0.15) is 0 Å². The third kappa shape index (κ3) is 4.65. The van der Waals surface area contributed by atoms with Crippen LogP contribution in [0.4, 0.5) is 0 Å². The fourth-order valence-corrected chi connectivity index (χ4v) is 1.93. The van der Waals surface area contributed by atoms with E-state index in [9.17, 15) is 30.0 Å². The number of hydrogen-bond acceptors (Lipinski definition) is 11. The molecule has 1 rings (SSSR count). The summed E-state index contributed by atoms with van der Waals surface area (Å²) in [5, 5.41) is 64.7. The molecule has 11 nitrogen and oxygen atoms in total. The van der Waals surface area contributed by atoms with E-state index in [2.05, 4.69) is 4.74 Å². The lowest BCUT2D eigenvalue weighted by Gasteiger charge is -2.27. The van der Waals surface area contributed by atoms with Crippen molar-refractivity contribution in [2.75, 3.05) is 19.8 Å². The number of hydrogen-bond donors (Lipinski definition) is 7. The molecule has 0 bridgehead atoms. The van der Waals surface area contributed by atoms with Crippen molar-refractivity contribution in [2.45, 2.75) is 42.7 Å². The molecule has 0 spiro atoms. The van der Waals surface area contributed by atoms with E-state index in [1.54, 1.807) is 0 Å². The van der Waals surface area contributed by atoms with Gasteiger partial charge >= 0.3 is 5.97 Å². The number of ether oxygens (including phenoxy) is 2. The maximum absolute atomic E-state index is 11.5. The molecule has 1 saturated heterocycles. The molecule has 0 radical (unpaired) electrons. The molecule has 1 aliphatic rings. The molecule has 134 valence electrons. The number of cyclic esters (lactones) is 1. The minimum atomic E-state index is -1.91. The van der Waals surface area contributed by atoms with Crippen molar-refractivity contribution in [1.82, 2.24) is 0 Å². The number of aliphatic hydroxyl groups excluding tert-OH is 7. The molecular formula is C12H20O11. The number of ketones is 1. The fourth-order valence-electron chi connectivity index (χ4n) is 1.93. The Morgan fingerprint density at radius 3 is 2.04 bits per heavy atom.